The Morgan fingerprint density at radius 3 is 2.68 bits per heavy atom. The number of nitro groups is 1. The van der Waals surface area contributed by atoms with Gasteiger partial charge in [0, 0.05) is 12.1 Å². The van der Waals surface area contributed by atoms with Crippen molar-refractivity contribution in [2.75, 3.05) is 13.7 Å². The predicted molar refractivity (Wildman–Crippen MR) is 91.2 cm³/mol. The topological polar surface area (TPSA) is 90.7 Å². The van der Waals surface area contributed by atoms with Crippen molar-refractivity contribution in [2.45, 2.75) is 6.61 Å². The summed E-state index contributed by atoms with van der Waals surface area (Å²) in [5.74, 6) is 5.87. The van der Waals surface area contributed by atoms with Crippen molar-refractivity contribution in [2.24, 2.45) is 0 Å². The molecule has 2 rings (SSSR count). The Morgan fingerprint density at radius 1 is 1.24 bits per heavy atom. The Kier molecular flexibility index (Phi) is 6.37. The van der Waals surface area contributed by atoms with Crippen molar-refractivity contribution in [1.29, 1.82) is 0 Å². The van der Waals surface area contributed by atoms with E-state index in [4.69, 9.17) is 9.47 Å². The molecule has 1 N–H and O–H groups in total. The Labute approximate surface area is 144 Å². The van der Waals surface area contributed by atoms with Gasteiger partial charge in [0.2, 0.25) is 0 Å². The van der Waals surface area contributed by atoms with Crippen LogP contribution < -0.4 is 10.1 Å². The second-order valence-electron chi connectivity index (χ2n) is 4.86. The normalized spacial score (nSPS) is 9.48. The molecule has 0 fully saturated rings. The van der Waals surface area contributed by atoms with E-state index in [1.165, 1.54) is 25.3 Å². The lowest BCUT2D eigenvalue weighted by Crippen LogP contribution is -2.24. The Hall–Kier alpha value is -3.53. The molecule has 0 bridgehead atoms. The minimum atomic E-state index is -0.593. The van der Waals surface area contributed by atoms with Crippen LogP contribution in [0.3, 0.4) is 0 Å². The number of hydrogen-bond donors (Lipinski definition) is 1. The number of alkyl carbamates (subject to hydrolysis) is 1. The molecule has 0 unspecified atom stereocenters. The summed E-state index contributed by atoms with van der Waals surface area (Å²) in [6.07, 6.45) is -0.593. The lowest BCUT2D eigenvalue weighted by atomic mass is 10.2. The van der Waals surface area contributed by atoms with Gasteiger partial charge in [0.15, 0.2) is 0 Å². The molecule has 2 aromatic rings. The summed E-state index contributed by atoms with van der Waals surface area (Å²) in [6.45, 7) is 0.207. The van der Waals surface area contributed by atoms with Gasteiger partial charge in [0.1, 0.15) is 12.4 Å². The van der Waals surface area contributed by atoms with Gasteiger partial charge in [0.05, 0.1) is 24.1 Å². The molecular weight excluding hydrogens is 324 g/mol. The van der Waals surface area contributed by atoms with Crippen molar-refractivity contribution >= 4 is 11.8 Å². The van der Waals surface area contributed by atoms with Gasteiger partial charge in [-0.2, -0.15) is 0 Å². The van der Waals surface area contributed by atoms with Crippen LogP contribution in [0.15, 0.2) is 48.5 Å². The molecule has 2 aromatic carbocycles. The van der Waals surface area contributed by atoms with E-state index in [2.05, 4.69) is 17.2 Å². The molecule has 0 aromatic heterocycles. The molecule has 0 aliphatic rings. The Morgan fingerprint density at radius 2 is 2.00 bits per heavy atom. The van der Waals surface area contributed by atoms with Crippen LogP contribution in [0.1, 0.15) is 11.1 Å². The highest BCUT2D eigenvalue weighted by Crippen LogP contribution is 2.22. The molecular formula is C18H16N2O5. The van der Waals surface area contributed by atoms with E-state index in [1.54, 1.807) is 0 Å². The van der Waals surface area contributed by atoms with E-state index in [-0.39, 0.29) is 18.8 Å². The summed E-state index contributed by atoms with van der Waals surface area (Å²) in [6, 6.07) is 13.4. The van der Waals surface area contributed by atoms with E-state index in [9.17, 15) is 14.9 Å². The van der Waals surface area contributed by atoms with Crippen molar-refractivity contribution in [3.05, 3.63) is 69.8 Å². The Balaban J connectivity index is 1.88. The van der Waals surface area contributed by atoms with E-state index in [0.29, 0.717) is 11.3 Å². The number of benzene rings is 2. The summed E-state index contributed by atoms with van der Waals surface area (Å²) < 4.78 is 10.2. The van der Waals surface area contributed by atoms with Gasteiger partial charge in [-0.05, 0) is 11.6 Å². The number of carbonyl (C=O) groups excluding carboxylic acids is 1. The lowest BCUT2D eigenvalue weighted by Gasteiger charge is -2.04. The first-order valence-corrected chi connectivity index (χ1v) is 7.36. The minimum absolute atomic E-state index is 0.0411. The number of nitrogens with zero attached hydrogens (tertiary/aromatic N) is 1. The van der Waals surface area contributed by atoms with Crippen LogP contribution in [0, 0.1) is 22.0 Å². The standard InChI is InChI=1S/C18H16N2O5/c1-24-17-10-9-16(20(22)23)12-15(17)8-5-11-19-18(21)25-13-14-6-3-2-4-7-14/h2-4,6-7,9-10,12H,11,13H2,1H3,(H,19,21). The van der Waals surface area contributed by atoms with Crippen molar-refractivity contribution in [3.63, 3.8) is 0 Å². The third-order valence-electron chi connectivity index (χ3n) is 3.15. The largest absolute Gasteiger partial charge is 0.495 e. The first-order chi connectivity index (χ1) is 12.1. The fourth-order valence-electron chi connectivity index (χ4n) is 1.94. The molecule has 7 heteroatoms. The van der Waals surface area contributed by atoms with E-state index in [0.717, 1.165) is 5.56 Å². The monoisotopic (exact) mass is 340 g/mol. The SMILES string of the molecule is COc1ccc([N+](=O)[O-])cc1C#CCNC(=O)OCc1ccccc1. The highest BCUT2D eigenvalue weighted by Gasteiger charge is 2.09. The summed E-state index contributed by atoms with van der Waals surface area (Å²) in [4.78, 5) is 21.9. The summed E-state index contributed by atoms with van der Waals surface area (Å²) in [5.41, 5.74) is 1.17. The number of carbonyl (C=O) groups is 1. The molecule has 0 spiro atoms. The van der Waals surface area contributed by atoms with Crippen LogP contribution in [0.25, 0.3) is 0 Å². The zero-order valence-corrected chi connectivity index (χ0v) is 13.5. The molecule has 7 nitrogen and oxygen atoms in total. The summed E-state index contributed by atoms with van der Waals surface area (Å²) >= 11 is 0. The lowest BCUT2D eigenvalue weighted by molar-refractivity contribution is -0.384. The van der Waals surface area contributed by atoms with Gasteiger partial charge < -0.3 is 14.8 Å². The first-order valence-electron chi connectivity index (χ1n) is 7.36. The zero-order chi connectivity index (χ0) is 18.1. The highest BCUT2D eigenvalue weighted by molar-refractivity contribution is 5.67. The van der Waals surface area contributed by atoms with Gasteiger partial charge in [0.25, 0.3) is 5.69 Å². The molecule has 0 saturated carbocycles. The molecule has 0 aliphatic carbocycles. The maximum absolute atomic E-state index is 11.6. The average molecular weight is 340 g/mol. The summed E-state index contributed by atoms with van der Waals surface area (Å²) in [5, 5.41) is 13.3. The van der Waals surface area contributed by atoms with Crippen molar-refractivity contribution in [3.8, 4) is 17.6 Å². The number of non-ortho nitro benzene ring substituents is 1. The van der Waals surface area contributed by atoms with Gasteiger partial charge in [-0.3, -0.25) is 10.1 Å². The van der Waals surface area contributed by atoms with Crippen LogP contribution in [-0.4, -0.2) is 24.7 Å². The molecule has 128 valence electrons. The van der Waals surface area contributed by atoms with Crippen molar-refractivity contribution < 1.29 is 19.2 Å². The molecule has 25 heavy (non-hydrogen) atoms. The minimum Gasteiger partial charge on any atom is -0.495 e. The molecule has 0 aliphatic heterocycles. The molecule has 0 heterocycles. The van der Waals surface area contributed by atoms with Gasteiger partial charge >= 0.3 is 6.09 Å². The van der Waals surface area contributed by atoms with Crippen LogP contribution in [-0.2, 0) is 11.3 Å². The van der Waals surface area contributed by atoms with E-state index in [1.807, 2.05) is 30.3 Å². The molecule has 1 amide bonds. The van der Waals surface area contributed by atoms with Gasteiger partial charge in [-0.25, -0.2) is 4.79 Å². The second kappa shape index (κ2) is 8.93. The maximum Gasteiger partial charge on any atom is 0.408 e. The molecule has 0 radical (unpaired) electrons. The third-order valence-corrected chi connectivity index (χ3v) is 3.15. The number of hydrogen-bond acceptors (Lipinski definition) is 5. The molecule has 0 atom stereocenters. The van der Waals surface area contributed by atoms with Crippen LogP contribution in [0.5, 0.6) is 5.75 Å². The zero-order valence-electron chi connectivity index (χ0n) is 13.5. The fraction of sp³-hybridized carbons (Fsp3) is 0.167. The van der Waals surface area contributed by atoms with Crippen molar-refractivity contribution in [1.82, 2.24) is 5.32 Å². The second-order valence-corrected chi connectivity index (χ2v) is 4.86. The molecule has 0 saturated heterocycles. The third kappa shape index (κ3) is 5.55. The number of rotatable bonds is 5. The fourth-order valence-corrected chi connectivity index (χ4v) is 1.94. The van der Waals surface area contributed by atoms with Crippen LogP contribution >= 0.6 is 0 Å². The number of nitrogens with one attached hydrogen (secondary N) is 1. The average Bonchev–Trinajstić information content (AvgIpc) is 2.64. The van der Waals surface area contributed by atoms with Gasteiger partial charge in [-0.1, -0.05) is 42.2 Å². The Bertz CT molecular complexity index is 809. The smallest absolute Gasteiger partial charge is 0.408 e. The van der Waals surface area contributed by atoms with Crippen LogP contribution in [0.4, 0.5) is 10.5 Å². The van der Waals surface area contributed by atoms with E-state index >= 15 is 0 Å². The number of amides is 1. The summed E-state index contributed by atoms with van der Waals surface area (Å²) in [7, 11) is 1.45. The highest BCUT2D eigenvalue weighted by atomic mass is 16.6. The first kappa shape index (κ1) is 17.8. The number of methoxy groups -OCH3 is 1. The maximum atomic E-state index is 11.6. The number of ether oxygens (including phenoxy) is 2. The van der Waals surface area contributed by atoms with E-state index < -0.39 is 11.0 Å². The quantitative estimate of drug-likeness (QED) is 0.513. The number of nitro benzene ring substituents is 1. The van der Waals surface area contributed by atoms with Gasteiger partial charge in [-0.15, -0.1) is 0 Å². The predicted octanol–water partition coefficient (Wildman–Crippen LogP) is 2.88. The van der Waals surface area contributed by atoms with Crippen LogP contribution in [0.2, 0.25) is 0 Å².